The number of benzene rings is 2. The van der Waals surface area contributed by atoms with Crippen LogP contribution in [0.4, 0.5) is 5.69 Å². The number of para-hydroxylation sites is 1. The summed E-state index contributed by atoms with van der Waals surface area (Å²) in [7, 11) is 0. The molecule has 7 heteroatoms. The highest BCUT2D eigenvalue weighted by molar-refractivity contribution is 8.00. The highest BCUT2D eigenvalue weighted by atomic mass is 32.2. The van der Waals surface area contributed by atoms with Crippen LogP contribution in [0.1, 0.15) is 27.2 Å². The zero-order chi connectivity index (χ0) is 19.2. The van der Waals surface area contributed by atoms with E-state index >= 15 is 0 Å². The lowest BCUT2D eigenvalue weighted by molar-refractivity contribution is -0.115. The van der Waals surface area contributed by atoms with Gasteiger partial charge >= 0.3 is 0 Å². The topological polar surface area (TPSA) is 85.1 Å². The number of thiazole rings is 1. The minimum absolute atomic E-state index is 0.148. The normalized spacial score (nSPS) is 10.6. The Balaban J connectivity index is 1.56. The number of primary amides is 1. The molecule has 1 heterocycles. The van der Waals surface area contributed by atoms with E-state index in [9.17, 15) is 9.59 Å². The van der Waals surface area contributed by atoms with Gasteiger partial charge in [0, 0.05) is 11.1 Å². The number of carbonyl (C=O) groups is 2. The number of aryl methyl sites for hydroxylation is 1. The molecule has 0 atom stereocenters. The third-order valence-corrected chi connectivity index (χ3v) is 5.96. The predicted molar refractivity (Wildman–Crippen MR) is 110 cm³/mol. The molecule has 0 radical (unpaired) electrons. The van der Waals surface area contributed by atoms with E-state index in [1.807, 2.05) is 5.38 Å². The third-order valence-electron chi connectivity index (χ3n) is 3.82. The van der Waals surface area contributed by atoms with Crippen LogP contribution < -0.4 is 11.1 Å². The Kier molecular flexibility index (Phi) is 6.26. The van der Waals surface area contributed by atoms with Gasteiger partial charge in [-0.25, -0.2) is 4.98 Å². The summed E-state index contributed by atoms with van der Waals surface area (Å²) in [5.74, 6) is 0.0317. The molecule has 0 aliphatic rings. The molecule has 0 bridgehead atoms. The molecular weight excluding hydrogens is 378 g/mol. The number of hydrogen-bond acceptors (Lipinski definition) is 5. The molecule has 27 heavy (non-hydrogen) atoms. The van der Waals surface area contributed by atoms with Crippen LogP contribution in [-0.2, 0) is 17.0 Å². The Morgan fingerprint density at radius 1 is 1.15 bits per heavy atom. The molecule has 0 aliphatic carbocycles. The Hall–Kier alpha value is -2.64. The van der Waals surface area contributed by atoms with Gasteiger partial charge in [-0.15, -0.1) is 11.3 Å². The van der Waals surface area contributed by atoms with Gasteiger partial charge in [-0.2, -0.15) is 0 Å². The van der Waals surface area contributed by atoms with E-state index in [1.165, 1.54) is 22.5 Å². The maximum Gasteiger partial charge on any atom is 0.250 e. The van der Waals surface area contributed by atoms with Gasteiger partial charge in [0.1, 0.15) is 4.34 Å². The molecule has 0 saturated carbocycles. The average molecular weight is 398 g/mol. The van der Waals surface area contributed by atoms with Gasteiger partial charge in [0.15, 0.2) is 0 Å². The fourth-order valence-corrected chi connectivity index (χ4v) is 4.23. The molecule has 0 aliphatic heterocycles. The quantitative estimate of drug-likeness (QED) is 0.590. The fraction of sp³-hybridized carbons (Fsp3) is 0.150. The lowest BCUT2D eigenvalue weighted by Crippen LogP contribution is -2.19. The van der Waals surface area contributed by atoms with E-state index in [0.717, 1.165) is 10.1 Å². The van der Waals surface area contributed by atoms with Gasteiger partial charge in [-0.05, 0) is 24.6 Å². The minimum atomic E-state index is -0.575. The molecule has 1 aromatic heterocycles. The number of nitrogens with one attached hydrogen (secondary N) is 1. The van der Waals surface area contributed by atoms with Crippen LogP contribution in [0.5, 0.6) is 0 Å². The third kappa shape index (κ3) is 5.42. The second kappa shape index (κ2) is 8.83. The Morgan fingerprint density at radius 2 is 1.89 bits per heavy atom. The van der Waals surface area contributed by atoms with Gasteiger partial charge in [0.2, 0.25) is 5.91 Å². The first-order valence-corrected chi connectivity index (χ1v) is 10.2. The molecule has 0 spiro atoms. The average Bonchev–Trinajstić information content (AvgIpc) is 3.08. The smallest absolute Gasteiger partial charge is 0.250 e. The second-order valence-corrected chi connectivity index (χ2v) is 8.09. The van der Waals surface area contributed by atoms with Crippen LogP contribution in [0.25, 0.3) is 0 Å². The monoisotopic (exact) mass is 397 g/mol. The van der Waals surface area contributed by atoms with Crippen molar-refractivity contribution in [3.05, 3.63) is 76.3 Å². The minimum Gasteiger partial charge on any atom is -0.366 e. The van der Waals surface area contributed by atoms with Gasteiger partial charge < -0.3 is 11.1 Å². The number of carbonyl (C=O) groups excluding carboxylic acids is 2. The highest BCUT2D eigenvalue weighted by Crippen LogP contribution is 2.26. The first kappa shape index (κ1) is 19.1. The van der Waals surface area contributed by atoms with Crippen LogP contribution in [0.3, 0.4) is 0 Å². The van der Waals surface area contributed by atoms with E-state index in [0.29, 0.717) is 16.9 Å². The number of nitrogens with two attached hydrogens (primary N) is 1. The van der Waals surface area contributed by atoms with Crippen LogP contribution >= 0.6 is 23.1 Å². The van der Waals surface area contributed by atoms with E-state index in [4.69, 9.17) is 5.73 Å². The summed E-state index contributed by atoms with van der Waals surface area (Å²) in [6.45, 7) is 2.07. The zero-order valence-electron chi connectivity index (χ0n) is 14.8. The second-order valence-electron chi connectivity index (χ2n) is 6.01. The summed E-state index contributed by atoms with van der Waals surface area (Å²) < 4.78 is 0.927. The molecule has 3 N–H and O–H groups in total. The van der Waals surface area contributed by atoms with Crippen LogP contribution in [0.2, 0.25) is 0 Å². The summed E-state index contributed by atoms with van der Waals surface area (Å²) in [4.78, 5) is 28.2. The number of anilines is 1. The van der Waals surface area contributed by atoms with Crippen molar-refractivity contribution in [1.82, 2.24) is 4.98 Å². The summed E-state index contributed by atoms with van der Waals surface area (Å²) in [6, 6.07) is 15.1. The maximum absolute atomic E-state index is 12.3. The van der Waals surface area contributed by atoms with Crippen LogP contribution in [-0.4, -0.2) is 16.8 Å². The summed E-state index contributed by atoms with van der Waals surface area (Å²) in [5.41, 5.74) is 9.23. The SMILES string of the molecule is Cc1ccc(CSc2nc(CC(=O)Nc3ccccc3C(N)=O)cs2)cc1. The van der Waals surface area contributed by atoms with Crippen LogP contribution in [0.15, 0.2) is 58.3 Å². The lowest BCUT2D eigenvalue weighted by atomic mass is 10.1. The van der Waals surface area contributed by atoms with E-state index in [-0.39, 0.29) is 12.3 Å². The number of hydrogen-bond donors (Lipinski definition) is 2. The standard InChI is InChI=1S/C20H19N3O2S2/c1-13-6-8-14(9-7-13)11-26-20-22-15(12-27-20)10-18(24)23-17-5-3-2-4-16(17)19(21)25/h2-9,12H,10-11H2,1H3,(H2,21,25)(H,23,24). The first-order valence-electron chi connectivity index (χ1n) is 8.32. The molecule has 0 saturated heterocycles. The molecule has 3 rings (SSSR count). The van der Waals surface area contributed by atoms with Gasteiger partial charge in [0.25, 0.3) is 5.91 Å². The molecule has 5 nitrogen and oxygen atoms in total. The summed E-state index contributed by atoms with van der Waals surface area (Å²) >= 11 is 3.18. The van der Waals surface area contributed by atoms with E-state index in [1.54, 1.807) is 36.0 Å². The van der Waals surface area contributed by atoms with Gasteiger partial charge in [0.05, 0.1) is 23.4 Å². The zero-order valence-corrected chi connectivity index (χ0v) is 16.4. The number of aromatic nitrogens is 1. The Bertz CT molecular complexity index is 952. The van der Waals surface area contributed by atoms with Crippen molar-refractivity contribution >= 4 is 40.6 Å². The Labute approximate surface area is 166 Å². The van der Waals surface area contributed by atoms with Crippen molar-refractivity contribution in [3.8, 4) is 0 Å². The van der Waals surface area contributed by atoms with E-state index in [2.05, 4.69) is 41.5 Å². The molecule has 0 fully saturated rings. The number of amides is 2. The van der Waals surface area contributed by atoms with Gasteiger partial charge in [-0.1, -0.05) is 53.7 Å². The molecule has 0 unspecified atom stereocenters. The lowest BCUT2D eigenvalue weighted by Gasteiger charge is -2.07. The molecular formula is C20H19N3O2S2. The molecule has 138 valence electrons. The van der Waals surface area contributed by atoms with Crippen molar-refractivity contribution in [2.75, 3.05) is 5.32 Å². The van der Waals surface area contributed by atoms with E-state index < -0.39 is 5.91 Å². The number of nitrogens with zero attached hydrogens (tertiary/aromatic N) is 1. The number of rotatable bonds is 7. The predicted octanol–water partition coefficient (Wildman–Crippen LogP) is 4.02. The maximum atomic E-state index is 12.3. The van der Waals surface area contributed by atoms with Crippen molar-refractivity contribution < 1.29 is 9.59 Å². The van der Waals surface area contributed by atoms with Crippen molar-refractivity contribution in [2.24, 2.45) is 5.73 Å². The highest BCUT2D eigenvalue weighted by Gasteiger charge is 2.12. The van der Waals surface area contributed by atoms with Crippen molar-refractivity contribution in [2.45, 2.75) is 23.4 Å². The van der Waals surface area contributed by atoms with Gasteiger partial charge in [-0.3, -0.25) is 9.59 Å². The summed E-state index contributed by atoms with van der Waals surface area (Å²) in [5, 5.41) is 4.62. The fourth-order valence-electron chi connectivity index (χ4n) is 2.43. The van der Waals surface area contributed by atoms with Crippen molar-refractivity contribution in [1.29, 1.82) is 0 Å². The molecule has 2 aromatic carbocycles. The number of thioether (sulfide) groups is 1. The van der Waals surface area contributed by atoms with Crippen LogP contribution in [0, 0.1) is 6.92 Å². The first-order chi connectivity index (χ1) is 13.0. The largest absolute Gasteiger partial charge is 0.366 e. The molecule has 2 amide bonds. The Morgan fingerprint density at radius 3 is 2.63 bits per heavy atom. The van der Waals surface area contributed by atoms with Crippen molar-refractivity contribution in [3.63, 3.8) is 0 Å². The summed E-state index contributed by atoms with van der Waals surface area (Å²) in [6.07, 6.45) is 0.148. The molecule has 3 aromatic rings.